The Bertz CT molecular complexity index is 1640. The summed E-state index contributed by atoms with van der Waals surface area (Å²) in [7, 11) is 1.65. The number of fused-ring (bicyclic) bond motifs is 1. The lowest BCUT2D eigenvalue weighted by Gasteiger charge is -2.24. The topological polar surface area (TPSA) is 99.5 Å². The van der Waals surface area contributed by atoms with Crippen molar-refractivity contribution in [3.8, 4) is 17.1 Å². The van der Waals surface area contributed by atoms with Gasteiger partial charge in [0, 0.05) is 31.7 Å². The van der Waals surface area contributed by atoms with Crippen LogP contribution < -0.4 is 14.4 Å². The van der Waals surface area contributed by atoms with Crippen molar-refractivity contribution in [1.82, 2.24) is 5.32 Å². The molecule has 1 N–H and O–H groups in total. The molecule has 1 amide bonds. The number of rotatable bonds is 17. The quantitative estimate of drug-likeness (QED) is 0.0720. The van der Waals surface area contributed by atoms with E-state index in [1.54, 1.807) is 44.1 Å². The van der Waals surface area contributed by atoms with Crippen molar-refractivity contribution < 1.29 is 34.4 Å². The summed E-state index contributed by atoms with van der Waals surface area (Å²) in [6.07, 6.45) is 4.31. The Hall–Kier alpha value is -3.99. The smallest absolute Gasteiger partial charge is 0.341 e. The van der Waals surface area contributed by atoms with Crippen LogP contribution in [0.2, 0.25) is 0 Å². The van der Waals surface area contributed by atoms with Crippen LogP contribution in [0.4, 0.5) is 5.69 Å². The van der Waals surface area contributed by atoms with Crippen LogP contribution in [-0.4, -0.2) is 71.4 Å². The molecule has 0 aliphatic heterocycles. The predicted molar refractivity (Wildman–Crippen MR) is 184 cm³/mol. The third kappa shape index (κ3) is 8.04. The maximum absolute atomic E-state index is 13.1. The van der Waals surface area contributed by atoms with Crippen molar-refractivity contribution >= 4 is 40.5 Å². The van der Waals surface area contributed by atoms with E-state index in [0.717, 1.165) is 35.0 Å². The number of anilines is 1. The molecule has 0 radical (unpaired) electrons. The molecular weight excluding hydrogens is 604 g/mol. The molecule has 46 heavy (non-hydrogen) atoms. The number of nitrogens with one attached hydrogen (secondary N) is 1. The summed E-state index contributed by atoms with van der Waals surface area (Å²) in [5, 5.41) is 3.64. The van der Waals surface area contributed by atoms with Gasteiger partial charge in [-0.05, 0) is 56.4 Å². The van der Waals surface area contributed by atoms with Gasteiger partial charge in [0.1, 0.15) is 29.3 Å². The minimum absolute atomic E-state index is 0. The summed E-state index contributed by atoms with van der Waals surface area (Å²) >= 11 is 1.64. The highest BCUT2D eigenvalue weighted by atomic mass is 32.2. The zero-order valence-electron chi connectivity index (χ0n) is 26.9. The molecule has 5 rings (SSSR count). The summed E-state index contributed by atoms with van der Waals surface area (Å²) < 4.78 is 31.1. The van der Waals surface area contributed by atoms with Crippen molar-refractivity contribution in [2.75, 3.05) is 63.8 Å². The van der Waals surface area contributed by atoms with Crippen LogP contribution in [0, 0.1) is 6.92 Å². The van der Waals surface area contributed by atoms with Crippen LogP contribution in [0.1, 0.15) is 59.0 Å². The van der Waals surface area contributed by atoms with Gasteiger partial charge in [-0.3, -0.25) is 4.79 Å². The standard InChI is InChI=1S/C36H42N2O7S.H2/c1-5-43-36(40)27-8-6-7-9-31(27)44-21-20-42-19-18-41-17-16-38(46-4)30-23-32-29(22-28(30)25-14-15-25)33(35(39)37-3)34(45-32)26-12-10-24(2)11-13-26;/h6-13,22-23,25H,5,14-21H2,1-4H3,(H,37,39);1H. The molecule has 0 bridgehead atoms. The Morgan fingerprint density at radius 3 is 2.41 bits per heavy atom. The molecule has 3 aromatic carbocycles. The number of carbonyl (C=O) groups excluding carboxylic acids is 2. The summed E-state index contributed by atoms with van der Waals surface area (Å²) in [6.45, 7) is 6.87. The Labute approximate surface area is 276 Å². The minimum Gasteiger partial charge on any atom is -0.490 e. The van der Waals surface area contributed by atoms with Crippen LogP contribution in [0.15, 0.2) is 65.1 Å². The molecule has 1 aromatic heterocycles. The van der Waals surface area contributed by atoms with E-state index in [2.05, 4.69) is 28.0 Å². The van der Waals surface area contributed by atoms with Crippen molar-refractivity contribution in [3.63, 3.8) is 0 Å². The molecule has 4 aromatic rings. The number of ether oxygens (including phenoxy) is 4. The van der Waals surface area contributed by atoms with Crippen LogP contribution in [0.5, 0.6) is 5.75 Å². The first-order valence-corrected chi connectivity index (χ1v) is 16.9. The van der Waals surface area contributed by atoms with E-state index >= 15 is 0 Å². The second-order valence-electron chi connectivity index (χ2n) is 11.0. The van der Waals surface area contributed by atoms with Crippen molar-refractivity contribution in [2.45, 2.75) is 32.6 Å². The lowest BCUT2D eigenvalue weighted by molar-refractivity contribution is 0.0382. The van der Waals surface area contributed by atoms with E-state index in [1.807, 2.05) is 37.3 Å². The Morgan fingerprint density at radius 2 is 1.72 bits per heavy atom. The van der Waals surface area contributed by atoms with Gasteiger partial charge in [0.15, 0.2) is 0 Å². The number of esters is 1. The maximum atomic E-state index is 13.1. The molecule has 0 unspecified atom stereocenters. The zero-order valence-corrected chi connectivity index (χ0v) is 27.7. The monoisotopic (exact) mass is 648 g/mol. The van der Waals surface area contributed by atoms with Crippen LogP contribution in [0.3, 0.4) is 0 Å². The molecule has 1 heterocycles. The highest BCUT2D eigenvalue weighted by molar-refractivity contribution is 7.99. The van der Waals surface area contributed by atoms with E-state index in [4.69, 9.17) is 23.4 Å². The van der Waals surface area contributed by atoms with Gasteiger partial charge in [-0.25, -0.2) is 4.79 Å². The van der Waals surface area contributed by atoms with Gasteiger partial charge in [0.2, 0.25) is 0 Å². The first-order valence-electron chi connectivity index (χ1n) is 15.7. The van der Waals surface area contributed by atoms with Gasteiger partial charge in [-0.15, -0.1) is 0 Å². The number of furan rings is 1. The number of benzene rings is 3. The molecule has 10 heteroatoms. The van der Waals surface area contributed by atoms with E-state index in [9.17, 15) is 9.59 Å². The van der Waals surface area contributed by atoms with E-state index in [-0.39, 0.29) is 7.33 Å². The Kier molecular flexibility index (Phi) is 11.6. The summed E-state index contributed by atoms with van der Waals surface area (Å²) in [5.74, 6) is 0.966. The number of hydrogen-bond acceptors (Lipinski definition) is 9. The average molecular weight is 649 g/mol. The summed E-state index contributed by atoms with van der Waals surface area (Å²) in [5.41, 5.74) is 6.01. The molecule has 0 spiro atoms. The normalized spacial score (nSPS) is 12.7. The maximum Gasteiger partial charge on any atom is 0.341 e. The molecule has 0 atom stereocenters. The predicted octanol–water partition coefficient (Wildman–Crippen LogP) is 7.26. The highest BCUT2D eigenvalue weighted by Crippen LogP contribution is 2.48. The van der Waals surface area contributed by atoms with Gasteiger partial charge in [-0.1, -0.05) is 53.9 Å². The first kappa shape index (κ1) is 33.4. The summed E-state index contributed by atoms with van der Waals surface area (Å²) in [6, 6.07) is 19.3. The number of nitrogens with zero attached hydrogens (tertiary/aromatic N) is 1. The second-order valence-corrected chi connectivity index (χ2v) is 11.8. The molecule has 1 aliphatic carbocycles. The lowest BCUT2D eigenvalue weighted by atomic mass is 10.00. The Balaban J connectivity index is 0.00000500. The SMILES string of the molecule is CCOC(=O)c1ccccc1OCCOCCOCCN(SC)c1cc2oc(-c3ccc(C)cc3)c(C(=O)NC)c2cc1C1CC1.[HH]. The highest BCUT2D eigenvalue weighted by Gasteiger charge is 2.31. The van der Waals surface area contributed by atoms with Crippen LogP contribution in [-0.2, 0) is 14.2 Å². The molecule has 1 aliphatic rings. The van der Waals surface area contributed by atoms with Gasteiger partial charge in [0.05, 0.1) is 50.8 Å². The molecule has 1 saturated carbocycles. The van der Waals surface area contributed by atoms with Gasteiger partial charge in [-0.2, -0.15) is 0 Å². The molecular formula is C36H44N2O7S. The fraction of sp³-hybridized carbons (Fsp3) is 0.389. The van der Waals surface area contributed by atoms with Crippen molar-refractivity contribution in [1.29, 1.82) is 0 Å². The van der Waals surface area contributed by atoms with Gasteiger partial charge < -0.3 is 33.0 Å². The third-order valence-electron chi connectivity index (χ3n) is 7.79. The molecule has 246 valence electrons. The Morgan fingerprint density at radius 1 is 1.00 bits per heavy atom. The van der Waals surface area contributed by atoms with E-state index in [1.165, 1.54) is 5.56 Å². The number of amides is 1. The minimum atomic E-state index is -0.402. The molecule has 0 saturated heterocycles. The fourth-order valence-corrected chi connectivity index (χ4v) is 5.92. The van der Waals surface area contributed by atoms with Crippen LogP contribution >= 0.6 is 11.9 Å². The zero-order chi connectivity index (χ0) is 32.5. The number of aryl methyl sites for hydroxylation is 1. The second kappa shape index (κ2) is 16.0. The number of hydrogen-bond donors (Lipinski definition) is 1. The molecule has 9 nitrogen and oxygen atoms in total. The number of carbonyl (C=O) groups is 2. The van der Waals surface area contributed by atoms with Gasteiger partial charge in [0.25, 0.3) is 5.91 Å². The summed E-state index contributed by atoms with van der Waals surface area (Å²) in [4.78, 5) is 25.2. The largest absolute Gasteiger partial charge is 0.490 e. The van der Waals surface area contributed by atoms with Crippen molar-refractivity contribution in [3.05, 3.63) is 82.9 Å². The van der Waals surface area contributed by atoms with E-state index < -0.39 is 5.97 Å². The molecule has 1 fully saturated rings. The van der Waals surface area contributed by atoms with Crippen molar-refractivity contribution in [2.24, 2.45) is 0 Å². The van der Waals surface area contributed by atoms with Crippen LogP contribution in [0.25, 0.3) is 22.3 Å². The first-order chi connectivity index (χ1) is 22.4. The fourth-order valence-electron chi connectivity index (χ4n) is 5.30. The van der Waals surface area contributed by atoms with Gasteiger partial charge >= 0.3 is 5.97 Å². The lowest BCUT2D eigenvalue weighted by Crippen LogP contribution is -2.22. The van der Waals surface area contributed by atoms with E-state index in [0.29, 0.717) is 80.3 Å². The third-order valence-corrected chi connectivity index (χ3v) is 8.61. The average Bonchev–Trinajstić information content (AvgIpc) is 3.85. The number of para-hydroxylation sites is 1.